The lowest BCUT2D eigenvalue weighted by Gasteiger charge is -2.11. The zero-order chi connectivity index (χ0) is 23.3. The molecule has 0 aromatic heterocycles. The van der Waals surface area contributed by atoms with E-state index in [0.717, 1.165) is 12.8 Å². The molecule has 0 heterocycles. The van der Waals surface area contributed by atoms with Gasteiger partial charge in [0.15, 0.2) is 5.75 Å². The molecule has 170 valence electrons. The zero-order valence-corrected chi connectivity index (χ0v) is 19.9. The van der Waals surface area contributed by atoms with E-state index in [1.165, 1.54) is 31.8 Å². The van der Waals surface area contributed by atoms with E-state index in [4.69, 9.17) is 32.7 Å². The summed E-state index contributed by atoms with van der Waals surface area (Å²) in [5, 5.41) is 12.8. The van der Waals surface area contributed by atoms with Crippen molar-refractivity contribution in [1.82, 2.24) is 0 Å². The largest absolute Gasteiger partial charge is 0.497 e. The monoisotopic (exact) mass is 474 g/mol. The first-order chi connectivity index (χ1) is 15.5. The summed E-state index contributed by atoms with van der Waals surface area (Å²) in [5.41, 5.74) is 1.01. The molecule has 0 spiro atoms. The summed E-state index contributed by atoms with van der Waals surface area (Å²) < 4.78 is 10.9. The standard InChI is InChI=1S/C25H28Cl2N2O3/c1-3-4-5-6-7-8-13-32-24-22(26)15-18(16-23(24)27)14-19(17-28)25(30)29-20-9-11-21(31-2)12-10-20/h9-12,14-16H,3-8,13H2,1-2H3,(H,29,30)/b19-14-. The maximum atomic E-state index is 12.5. The number of carbonyl (C=O) groups excluding carboxylic acids is 1. The Bertz CT molecular complexity index is 943. The molecule has 7 heteroatoms. The second kappa shape index (κ2) is 13.7. The Morgan fingerprint density at radius 3 is 2.28 bits per heavy atom. The summed E-state index contributed by atoms with van der Waals surface area (Å²) in [6.07, 6.45) is 8.39. The summed E-state index contributed by atoms with van der Waals surface area (Å²) in [6, 6.07) is 12.0. The lowest BCUT2D eigenvalue weighted by atomic mass is 10.1. The number of anilines is 1. The van der Waals surface area contributed by atoms with Gasteiger partial charge in [0, 0.05) is 5.69 Å². The van der Waals surface area contributed by atoms with Gasteiger partial charge in [0.1, 0.15) is 17.4 Å². The fourth-order valence-electron chi connectivity index (χ4n) is 3.05. The maximum absolute atomic E-state index is 12.5. The number of ether oxygens (including phenoxy) is 2. The Balaban J connectivity index is 2.01. The van der Waals surface area contributed by atoms with Crippen molar-refractivity contribution in [2.45, 2.75) is 45.4 Å². The smallest absolute Gasteiger partial charge is 0.266 e. The molecule has 0 saturated heterocycles. The third kappa shape index (κ3) is 8.11. The predicted octanol–water partition coefficient (Wildman–Crippen LogP) is 7.29. The van der Waals surface area contributed by atoms with Crippen LogP contribution in [0.2, 0.25) is 10.0 Å². The van der Waals surface area contributed by atoms with Crippen LogP contribution < -0.4 is 14.8 Å². The van der Waals surface area contributed by atoms with E-state index in [-0.39, 0.29) is 5.57 Å². The second-order valence-corrected chi connectivity index (χ2v) is 8.10. The minimum absolute atomic E-state index is 0.0753. The number of carbonyl (C=O) groups is 1. The molecule has 1 N–H and O–H groups in total. The van der Waals surface area contributed by atoms with Gasteiger partial charge in [-0.1, -0.05) is 62.2 Å². The molecule has 0 unspecified atom stereocenters. The van der Waals surface area contributed by atoms with E-state index in [0.29, 0.717) is 39.4 Å². The van der Waals surface area contributed by atoms with Crippen LogP contribution in [0.1, 0.15) is 51.0 Å². The number of methoxy groups -OCH3 is 1. The van der Waals surface area contributed by atoms with Crippen molar-refractivity contribution < 1.29 is 14.3 Å². The number of nitrogens with one attached hydrogen (secondary N) is 1. The molecule has 32 heavy (non-hydrogen) atoms. The number of amides is 1. The molecule has 0 aliphatic rings. The van der Waals surface area contributed by atoms with Gasteiger partial charge in [-0.3, -0.25) is 4.79 Å². The van der Waals surface area contributed by atoms with E-state index in [2.05, 4.69) is 12.2 Å². The van der Waals surface area contributed by atoms with Crippen molar-refractivity contribution in [3.05, 3.63) is 57.6 Å². The van der Waals surface area contributed by atoms with Gasteiger partial charge in [0.25, 0.3) is 5.91 Å². The number of unbranched alkanes of at least 4 members (excludes halogenated alkanes) is 5. The minimum atomic E-state index is -0.534. The van der Waals surface area contributed by atoms with Crippen LogP contribution in [0.25, 0.3) is 6.08 Å². The van der Waals surface area contributed by atoms with Crippen molar-refractivity contribution in [2.24, 2.45) is 0 Å². The third-order valence-corrected chi connectivity index (χ3v) is 5.35. The average molecular weight is 475 g/mol. The van der Waals surface area contributed by atoms with Crippen molar-refractivity contribution >= 4 is 40.9 Å². The average Bonchev–Trinajstić information content (AvgIpc) is 2.78. The zero-order valence-electron chi connectivity index (χ0n) is 18.4. The van der Waals surface area contributed by atoms with E-state index < -0.39 is 5.91 Å². The van der Waals surface area contributed by atoms with Crippen LogP contribution in [-0.4, -0.2) is 19.6 Å². The van der Waals surface area contributed by atoms with Crippen LogP contribution in [0, 0.1) is 11.3 Å². The Morgan fingerprint density at radius 1 is 1.06 bits per heavy atom. The summed E-state index contributed by atoms with van der Waals surface area (Å²) >= 11 is 12.7. The van der Waals surface area contributed by atoms with Crippen molar-refractivity contribution in [3.8, 4) is 17.6 Å². The van der Waals surface area contributed by atoms with Crippen LogP contribution in [0.15, 0.2) is 42.0 Å². The highest BCUT2D eigenvalue weighted by atomic mass is 35.5. The molecule has 0 radical (unpaired) electrons. The number of hydrogen-bond donors (Lipinski definition) is 1. The first kappa shape index (κ1) is 25.6. The minimum Gasteiger partial charge on any atom is -0.497 e. The summed E-state index contributed by atoms with van der Waals surface area (Å²) in [5.74, 6) is 0.552. The maximum Gasteiger partial charge on any atom is 0.266 e. The highest BCUT2D eigenvalue weighted by Crippen LogP contribution is 2.35. The molecule has 2 rings (SSSR count). The Kier molecular flexibility index (Phi) is 10.9. The van der Waals surface area contributed by atoms with Crippen LogP contribution >= 0.6 is 23.2 Å². The molecule has 2 aromatic rings. The van der Waals surface area contributed by atoms with Crippen molar-refractivity contribution in [1.29, 1.82) is 5.26 Å². The van der Waals surface area contributed by atoms with Crippen LogP contribution in [0.5, 0.6) is 11.5 Å². The Hall–Kier alpha value is -2.68. The molecule has 0 atom stereocenters. The number of rotatable bonds is 12. The fourth-order valence-corrected chi connectivity index (χ4v) is 3.66. The number of halogens is 2. The van der Waals surface area contributed by atoms with Gasteiger partial charge in [0.05, 0.1) is 23.8 Å². The van der Waals surface area contributed by atoms with Gasteiger partial charge in [-0.25, -0.2) is 0 Å². The van der Waals surface area contributed by atoms with E-state index in [1.807, 2.05) is 6.07 Å². The van der Waals surface area contributed by atoms with Gasteiger partial charge in [-0.05, 0) is 54.5 Å². The van der Waals surface area contributed by atoms with E-state index in [9.17, 15) is 10.1 Å². The third-order valence-electron chi connectivity index (χ3n) is 4.79. The van der Waals surface area contributed by atoms with E-state index >= 15 is 0 Å². The van der Waals surface area contributed by atoms with Gasteiger partial charge < -0.3 is 14.8 Å². The van der Waals surface area contributed by atoms with Crippen LogP contribution in [-0.2, 0) is 4.79 Å². The predicted molar refractivity (Wildman–Crippen MR) is 131 cm³/mol. The summed E-state index contributed by atoms with van der Waals surface area (Å²) in [7, 11) is 1.56. The van der Waals surface area contributed by atoms with E-state index in [1.54, 1.807) is 43.5 Å². The van der Waals surface area contributed by atoms with Crippen molar-refractivity contribution in [2.75, 3.05) is 19.0 Å². The molecular formula is C25H28Cl2N2O3. The molecule has 0 aliphatic heterocycles. The molecule has 0 saturated carbocycles. The summed E-state index contributed by atoms with van der Waals surface area (Å²) in [4.78, 5) is 12.5. The highest BCUT2D eigenvalue weighted by Gasteiger charge is 2.13. The number of nitrogens with zero attached hydrogens (tertiary/aromatic N) is 1. The molecular weight excluding hydrogens is 447 g/mol. The Morgan fingerprint density at radius 2 is 1.69 bits per heavy atom. The SMILES string of the molecule is CCCCCCCCOc1c(Cl)cc(/C=C(/C#N)C(=O)Nc2ccc(OC)cc2)cc1Cl. The number of nitriles is 1. The normalized spacial score (nSPS) is 11.0. The molecule has 0 bridgehead atoms. The second-order valence-electron chi connectivity index (χ2n) is 7.28. The molecule has 2 aromatic carbocycles. The number of benzene rings is 2. The molecule has 1 amide bonds. The topological polar surface area (TPSA) is 71.3 Å². The lowest BCUT2D eigenvalue weighted by Crippen LogP contribution is -2.13. The van der Waals surface area contributed by atoms with Gasteiger partial charge in [-0.2, -0.15) is 5.26 Å². The highest BCUT2D eigenvalue weighted by molar-refractivity contribution is 6.37. The van der Waals surface area contributed by atoms with Gasteiger partial charge in [0.2, 0.25) is 0 Å². The first-order valence-corrected chi connectivity index (χ1v) is 11.4. The fraction of sp³-hybridized carbons (Fsp3) is 0.360. The molecule has 5 nitrogen and oxygen atoms in total. The number of hydrogen-bond acceptors (Lipinski definition) is 4. The van der Waals surface area contributed by atoms with Crippen LogP contribution in [0.3, 0.4) is 0 Å². The molecule has 0 fully saturated rings. The van der Waals surface area contributed by atoms with Crippen molar-refractivity contribution in [3.63, 3.8) is 0 Å². The lowest BCUT2D eigenvalue weighted by molar-refractivity contribution is -0.112. The molecule has 0 aliphatic carbocycles. The quantitative estimate of drug-likeness (QED) is 0.199. The summed E-state index contributed by atoms with van der Waals surface area (Å²) in [6.45, 7) is 2.73. The Labute approximate surface area is 199 Å². The van der Waals surface area contributed by atoms with Crippen LogP contribution in [0.4, 0.5) is 5.69 Å². The van der Waals surface area contributed by atoms with Gasteiger partial charge >= 0.3 is 0 Å². The first-order valence-electron chi connectivity index (χ1n) is 10.7. The van der Waals surface area contributed by atoms with Gasteiger partial charge in [-0.15, -0.1) is 0 Å².